The number of nitrogens with zero attached hydrogens (tertiary/aromatic N) is 4. The molecule has 0 radical (unpaired) electrons. The molecule has 0 fully saturated rings. The summed E-state index contributed by atoms with van der Waals surface area (Å²) in [5.74, 6) is 2.03. The Hall–Kier alpha value is -6.46. The van der Waals surface area contributed by atoms with Crippen molar-refractivity contribution in [3.63, 3.8) is 0 Å². The fourth-order valence-corrected chi connectivity index (χ4v) is 6.17. The van der Waals surface area contributed by atoms with Crippen molar-refractivity contribution in [2.75, 3.05) is 0 Å². The number of hydrogen-bond donors (Lipinski definition) is 0. The molecule has 6 aromatic carbocycles. The van der Waals surface area contributed by atoms with Gasteiger partial charge in [-0.25, -0.2) is 4.98 Å². The second-order valence-electron chi connectivity index (χ2n) is 11.1. The molecule has 0 amide bonds. The Morgan fingerprint density at radius 1 is 0.617 bits per heavy atom. The zero-order chi connectivity index (χ0) is 35.5. The summed E-state index contributed by atoms with van der Waals surface area (Å²) < 4.78 is 53.7. The lowest BCUT2D eigenvalue weighted by Gasteiger charge is -2.11. The van der Waals surface area contributed by atoms with Gasteiger partial charge in [0.15, 0.2) is 0 Å². The molecule has 0 saturated carbocycles. The first-order chi connectivity index (χ1) is 25.4. The van der Waals surface area contributed by atoms with Gasteiger partial charge in [0, 0.05) is 22.4 Å². The van der Waals surface area contributed by atoms with Gasteiger partial charge in [0.2, 0.25) is 0 Å². The van der Waals surface area contributed by atoms with Crippen LogP contribution in [0.1, 0.15) is 6.85 Å². The predicted molar refractivity (Wildman–Crippen MR) is 188 cm³/mol. The molecule has 0 aliphatic carbocycles. The van der Waals surface area contributed by atoms with Gasteiger partial charge in [-0.3, -0.25) is 13.7 Å². The fraction of sp³-hybridized carbons (Fsp3) is 0. The highest BCUT2D eigenvalue weighted by molar-refractivity contribution is 6.09. The maximum absolute atomic E-state index is 8.59. The van der Waals surface area contributed by atoms with Crippen molar-refractivity contribution in [2.45, 2.75) is 0 Å². The van der Waals surface area contributed by atoms with Gasteiger partial charge in [0.25, 0.3) is 6.33 Å². The second kappa shape index (κ2) is 11.2. The summed E-state index contributed by atoms with van der Waals surface area (Å²) in [4.78, 5) is 5.08. The summed E-state index contributed by atoms with van der Waals surface area (Å²) in [6.45, 7) is 0. The molecule has 0 N–H and O–H groups in total. The van der Waals surface area contributed by atoms with E-state index in [0.717, 1.165) is 50.1 Å². The number of fused-ring (bicyclic) bond motifs is 4. The third-order valence-corrected chi connectivity index (χ3v) is 8.26. The number of hydrogen-bond acceptors (Lipinski definition) is 2. The van der Waals surface area contributed by atoms with Gasteiger partial charge in [0.05, 0.1) is 46.0 Å². The normalized spacial score (nSPS) is 12.9. The Morgan fingerprint density at radius 3 is 2.26 bits per heavy atom. The summed E-state index contributed by atoms with van der Waals surface area (Å²) in [5.41, 5.74) is 6.04. The van der Waals surface area contributed by atoms with Crippen molar-refractivity contribution in [2.24, 2.45) is 0 Å². The third-order valence-electron chi connectivity index (χ3n) is 8.26. The maximum atomic E-state index is 8.59. The molecule has 0 atom stereocenters. The average Bonchev–Trinajstić information content (AvgIpc) is 3.73. The fourth-order valence-electron chi connectivity index (χ4n) is 6.17. The number of benzene rings is 6. The van der Waals surface area contributed by atoms with Gasteiger partial charge < -0.3 is 4.74 Å². The highest BCUT2D eigenvalue weighted by Crippen LogP contribution is 2.35. The lowest BCUT2D eigenvalue weighted by atomic mass is 10.1. The largest absolute Gasteiger partial charge is 0.458 e. The summed E-state index contributed by atoms with van der Waals surface area (Å²) in [5, 5.41) is 2.19. The maximum Gasteiger partial charge on any atom is 0.269 e. The van der Waals surface area contributed by atoms with Crippen LogP contribution in [-0.4, -0.2) is 14.1 Å². The third kappa shape index (κ3) is 4.73. The molecule has 3 aromatic heterocycles. The van der Waals surface area contributed by atoms with Gasteiger partial charge in [-0.1, -0.05) is 103 Å². The zero-order valence-electron chi connectivity index (χ0n) is 30.0. The first kappa shape index (κ1) is 22.1. The van der Waals surface area contributed by atoms with Crippen molar-refractivity contribution < 1.29 is 16.2 Å². The molecule has 5 nitrogen and oxygen atoms in total. The summed E-state index contributed by atoms with van der Waals surface area (Å²) in [6, 6.07) is 43.7. The Balaban J connectivity index is 1.13. The molecule has 0 aliphatic heterocycles. The Kier molecular flexibility index (Phi) is 5.25. The Bertz CT molecular complexity index is 2820. The van der Waals surface area contributed by atoms with Crippen LogP contribution in [0.5, 0.6) is 11.5 Å². The molecular formula is C42H28N4O. The molecule has 9 aromatic rings. The van der Waals surface area contributed by atoms with Crippen molar-refractivity contribution in [1.82, 2.24) is 14.1 Å². The van der Waals surface area contributed by atoms with E-state index in [-0.39, 0.29) is 17.8 Å². The molecule has 3 heterocycles. The zero-order valence-corrected chi connectivity index (χ0v) is 25.0. The van der Waals surface area contributed by atoms with Crippen LogP contribution in [0.2, 0.25) is 0 Å². The number of ether oxygens (including phenoxy) is 1. The second-order valence-corrected chi connectivity index (χ2v) is 11.1. The van der Waals surface area contributed by atoms with E-state index in [1.165, 1.54) is 4.57 Å². The van der Waals surface area contributed by atoms with Gasteiger partial charge >= 0.3 is 0 Å². The van der Waals surface area contributed by atoms with E-state index >= 15 is 0 Å². The van der Waals surface area contributed by atoms with E-state index in [1.807, 2.05) is 109 Å². The van der Waals surface area contributed by atoms with Gasteiger partial charge in [0.1, 0.15) is 17.3 Å². The summed E-state index contributed by atoms with van der Waals surface area (Å²) >= 11 is 0. The lowest BCUT2D eigenvalue weighted by molar-refractivity contribution is -0.572. The number of pyridine rings is 1. The van der Waals surface area contributed by atoms with E-state index < -0.39 is 18.1 Å². The molecule has 5 heteroatoms. The molecule has 47 heavy (non-hydrogen) atoms. The van der Waals surface area contributed by atoms with Crippen LogP contribution < -0.4 is 9.30 Å². The predicted octanol–water partition coefficient (Wildman–Crippen LogP) is 9.66. The van der Waals surface area contributed by atoms with Crippen LogP contribution in [0.25, 0.3) is 61.3 Å². The van der Waals surface area contributed by atoms with Crippen molar-refractivity contribution in [3.8, 4) is 39.9 Å². The quantitative estimate of drug-likeness (QED) is 0.139. The van der Waals surface area contributed by atoms with Crippen LogP contribution in [-0.2, 0) is 0 Å². The minimum absolute atomic E-state index is 0.0286. The first-order valence-electron chi connectivity index (χ1n) is 17.7. The first-order valence-corrected chi connectivity index (χ1v) is 15.2. The number of imidazole rings is 1. The molecule has 0 unspecified atom stereocenters. The number of para-hydroxylation sites is 4. The smallest absolute Gasteiger partial charge is 0.269 e. The molecule has 0 spiro atoms. The molecule has 0 bridgehead atoms. The molecule has 9 rings (SSSR count). The van der Waals surface area contributed by atoms with Crippen molar-refractivity contribution in [3.05, 3.63) is 176 Å². The van der Waals surface area contributed by atoms with Crippen molar-refractivity contribution >= 4 is 32.8 Å². The minimum atomic E-state index is -0.441. The van der Waals surface area contributed by atoms with Crippen LogP contribution in [0.15, 0.2) is 170 Å². The number of rotatable bonds is 6. The van der Waals surface area contributed by atoms with Crippen LogP contribution >= 0.6 is 0 Å². The minimum Gasteiger partial charge on any atom is -0.458 e. The van der Waals surface area contributed by atoms with E-state index in [0.29, 0.717) is 17.0 Å². The molecule has 0 saturated heterocycles. The van der Waals surface area contributed by atoms with Crippen LogP contribution in [0, 0.1) is 6.33 Å². The highest BCUT2D eigenvalue weighted by Gasteiger charge is 2.16. The van der Waals surface area contributed by atoms with E-state index in [1.54, 1.807) is 4.57 Å². The van der Waals surface area contributed by atoms with Crippen LogP contribution in [0.3, 0.4) is 0 Å². The molecule has 222 valence electrons. The SMILES string of the molecule is [2H]c1c([2H])c([2H])c(-[n+]2[c-]n(-c3cccc(Oc4ccc5c6ccccc6n(-c6cccc(-c7ccccc7)n6)c5c4)c3)c3ccccc32)c([2H])c1[2H]. The standard InChI is InChI=1S/C42H28N4O/c1-3-13-30(14-4-1)37-20-12-24-42(43-37)46-38-21-8-7-19-35(38)36-26-25-34(28-41(36)46)47-33-18-11-17-32(27-33)45-29-44(31-15-5-2-6-16-31)39-22-9-10-23-40(39)45/h1-28H/i2D,5D,6D,15D,16D. The topological polar surface area (TPSA) is 35.9 Å². The van der Waals surface area contributed by atoms with Crippen LogP contribution in [0.4, 0.5) is 0 Å². The van der Waals surface area contributed by atoms with Gasteiger partial charge in [-0.2, -0.15) is 0 Å². The van der Waals surface area contributed by atoms with Crippen molar-refractivity contribution in [1.29, 1.82) is 0 Å². The summed E-state index contributed by atoms with van der Waals surface area (Å²) in [6.07, 6.45) is 3.25. The highest BCUT2D eigenvalue weighted by atomic mass is 16.5. The van der Waals surface area contributed by atoms with E-state index in [2.05, 4.69) is 41.2 Å². The molecule has 0 aliphatic rings. The Morgan fingerprint density at radius 2 is 1.36 bits per heavy atom. The van der Waals surface area contributed by atoms with E-state index in [9.17, 15) is 0 Å². The Labute approximate surface area is 278 Å². The molecular weight excluding hydrogens is 576 g/mol. The number of aromatic nitrogens is 4. The summed E-state index contributed by atoms with van der Waals surface area (Å²) in [7, 11) is 0. The lowest BCUT2D eigenvalue weighted by Crippen LogP contribution is -2.29. The van der Waals surface area contributed by atoms with Gasteiger partial charge in [-0.05, 0) is 60.6 Å². The average molecular weight is 610 g/mol. The van der Waals surface area contributed by atoms with Gasteiger partial charge in [-0.15, -0.1) is 0 Å². The van der Waals surface area contributed by atoms with E-state index in [4.69, 9.17) is 16.6 Å². The monoisotopic (exact) mass is 609 g/mol.